The second-order valence-corrected chi connectivity index (χ2v) is 4.29. The molecule has 1 aliphatic rings. The molecule has 3 heteroatoms. The molecule has 0 aromatic carbocycles. The molecule has 0 aliphatic heterocycles. The summed E-state index contributed by atoms with van der Waals surface area (Å²) in [4.78, 5) is 9.56. The molecule has 0 aromatic rings. The van der Waals surface area contributed by atoms with Gasteiger partial charge in [-0.25, -0.2) is 0 Å². The Morgan fingerprint density at radius 3 is 2.32 bits per heavy atom. The Labute approximate surface area is 119 Å². The van der Waals surface area contributed by atoms with E-state index >= 15 is 0 Å². The lowest BCUT2D eigenvalue weighted by atomic mass is 9.77. The molecule has 1 aliphatic carbocycles. The minimum Gasteiger partial charge on any atom is -0.254 e. The summed E-state index contributed by atoms with van der Waals surface area (Å²) in [5.41, 5.74) is 1.43. The zero-order valence-corrected chi connectivity index (χ0v) is 13.7. The zero-order chi connectivity index (χ0) is 15.3. The van der Waals surface area contributed by atoms with E-state index in [1.807, 2.05) is 27.7 Å². The van der Waals surface area contributed by atoms with Crippen LogP contribution < -0.4 is 0 Å². The number of rotatable bonds is 4. The highest BCUT2D eigenvalue weighted by Gasteiger charge is 2.31. The molecule has 3 nitrogen and oxygen atoms in total. The highest BCUT2D eigenvalue weighted by molar-refractivity contribution is 5.13. The van der Waals surface area contributed by atoms with Crippen molar-refractivity contribution >= 4 is 0 Å². The van der Waals surface area contributed by atoms with E-state index in [2.05, 4.69) is 31.7 Å². The van der Waals surface area contributed by atoms with Gasteiger partial charge in [-0.05, 0) is 25.2 Å². The number of hydrogen-bond donors (Lipinski definition) is 0. The summed E-state index contributed by atoms with van der Waals surface area (Å²) in [6.45, 7) is 14.5. The average molecular weight is 269 g/mol. The molecule has 1 rings (SSSR count). The van der Waals surface area contributed by atoms with Gasteiger partial charge in [-0.3, -0.25) is 4.89 Å². The van der Waals surface area contributed by atoms with Crippen molar-refractivity contribution in [2.45, 2.75) is 73.8 Å². The number of nitrogens with zero attached hydrogens (tertiary/aromatic N) is 1. The summed E-state index contributed by atoms with van der Waals surface area (Å²) in [5.74, 6) is 0.904. The maximum Gasteiger partial charge on any atom is 0.324 e. The van der Waals surface area contributed by atoms with E-state index in [4.69, 9.17) is 10.1 Å². The predicted molar refractivity (Wildman–Crippen MR) is 80.2 cm³/mol. The summed E-state index contributed by atoms with van der Waals surface area (Å²) >= 11 is 0. The van der Waals surface area contributed by atoms with Gasteiger partial charge in [-0.2, -0.15) is 4.89 Å². The van der Waals surface area contributed by atoms with Crippen LogP contribution in [0.4, 0.5) is 0 Å². The lowest BCUT2D eigenvalue weighted by Crippen LogP contribution is -2.31. The van der Waals surface area contributed by atoms with Crippen LogP contribution in [0.5, 0.6) is 0 Å². The van der Waals surface area contributed by atoms with Crippen LogP contribution in [0.2, 0.25) is 0 Å². The molecular weight excluding hydrogens is 238 g/mol. The van der Waals surface area contributed by atoms with Gasteiger partial charge in [0.25, 0.3) is 0 Å². The van der Waals surface area contributed by atoms with Crippen molar-refractivity contribution in [1.29, 1.82) is 5.26 Å². The van der Waals surface area contributed by atoms with Gasteiger partial charge < -0.3 is 0 Å². The molecule has 2 unspecified atom stereocenters. The number of allylic oxidation sites excluding steroid dienone is 1. The van der Waals surface area contributed by atoms with Crippen LogP contribution in [0, 0.1) is 23.4 Å². The molecule has 0 amide bonds. The number of hydrogen-bond acceptors (Lipinski definition) is 3. The predicted octanol–water partition coefficient (Wildman–Crippen LogP) is 5.24. The summed E-state index contributed by atoms with van der Waals surface area (Å²) < 4.78 is 0. The first-order chi connectivity index (χ1) is 9.20. The Morgan fingerprint density at radius 1 is 1.32 bits per heavy atom. The smallest absolute Gasteiger partial charge is 0.254 e. The van der Waals surface area contributed by atoms with Crippen LogP contribution >= 0.6 is 0 Å². The van der Waals surface area contributed by atoms with E-state index in [0.717, 1.165) is 19.3 Å². The molecule has 0 aromatic heterocycles. The summed E-state index contributed by atoms with van der Waals surface area (Å²) in [5, 5.41) is 8.33. The molecule has 0 bridgehead atoms. The van der Waals surface area contributed by atoms with Crippen LogP contribution in [0.3, 0.4) is 0 Å². The Kier molecular flexibility index (Phi) is 14.3. The SMILES string of the molecule is CC.CC.CCC1=CCCC(OOC#N)C1C(C)C. The molecule has 0 fully saturated rings. The molecule has 0 N–H and O–H groups in total. The molecule has 0 radical (unpaired) electrons. The quantitative estimate of drug-likeness (QED) is 0.303. The van der Waals surface area contributed by atoms with Crippen LogP contribution in [0.15, 0.2) is 11.6 Å². The third-order valence-electron chi connectivity index (χ3n) is 3.02. The van der Waals surface area contributed by atoms with Crippen LogP contribution in [-0.4, -0.2) is 6.10 Å². The van der Waals surface area contributed by atoms with E-state index in [1.165, 1.54) is 5.57 Å². The highest BCUT2D eigenvalue weighted by atomic mass is 17.2. The van der Waals surface area contributed by atoms with Gasteiger partial charge in [0, 0.05) is 5.92 Å². The lowest BCUT2D eigenvalue weighted by Gasteiger charge is -2.33. The summed E-state index contributed by atoms with van der Waals surface area (Å²) in [7, 11) is 0. The molecule has 0 saturated carbocycles. The Hall–Kier alpha value is -1.01. The first-order valence-corrected chi connectivity index (χ1v) is 7.61. The van der Waals surface area contributed by atoms with Crippen molar-refractivity contribution in [3.05, 3.63) is 11.6 Å². The van der Waals surface area contributed by atoms with Crippen LogP contribution in [0.1, 0.15) is 67.7 Å². The third kappa shape index (κ3) is 7.22. The topological polar surface area (TPSA) is 42.2 Å². The average Bonchev–Trinajstić information content (AvgIpc) is 2.48. The molecule has 0 spiro atoms. The molecule has 19 heavy (non-hydrogen) atoms. The molecule has 0 heterocycles. The fraction of sp³-hybridized carbons (Fsp3) is 0.812. The van der Waals surface area contributed by atoms with Gasteiger partial charge in [-0.1, -0.05) is 60.1 Å². The lowest BCUT2D eigenvalue weighted by molar-refractivity contribution is -0.287. The van der Waals surface area contributed by atoms with Crippen molar-refractivity contribution in [2.24, 2.45) is 11.8 Å². The fourth-order valence-electron chi connectivity index (χ4n) is 2.42. The van der Waals surface area contributed by atoms with Crippen LogP contribution in [0.25, 0.3) is 0 Å². The van der Waals surface area contributed by atoms with E-state index in [1.54, 1.807) is 6.26 Å². The first-order valence-electron chi connectivity index (χ1n) is 7.61. The fourth-order valence-corrected chi connectivity index (χ4v) is 2.42. The highest BCUT2D eigenvalue weighted by Crippen LogP contribution is 2.34. The molecule has 2 atom stereocenters. The normalized spacial score (nSPS) is 21.1. The first kappa shape index (κ1) is 20.3. The zero-order valence-electron chi connectivity index (χ0n) is 13.7. The van der Waals surface area contributed by atoms with Crippen molar-refractivity contribution in [3.8, 4) is 6.26 Å². The number of nitriles is 1. The Balaban J connectivity index is 0. The maximum atomic E-state index is 8.33. The second-order valence-electron chi connectivity index (χ2n) is 4.29. The standard InChI is InChI=1S/C12H19NO2.2C2H6/c1-4-10-6-5-7-11(15-14-8-13)12(10)9(2)3;2*1-2/h6,9,11-12H,4-5,7H2,1-3H3;2*1-2H3. The van der Waals surface area contributed by atoms with Gasteiger partial charge in [-0.15, -0.1) is 5.26 Å². The summed E-state index contributed by atoms with van der Waals surface area (Å²) in [6.07, 6.45) is 6.91. The molecule has 112 valence electrons. The van der Waals surface area contributed by atoms with Crippen molar-refractivity contribution in [3.63, 3.8) is 0 Å². The minimum atomic E-state index is 0.0320. The van der Waals surface area contributed by atoms with Gasteiger partial charge >= 0.3 is 6.26 Å². The van der Waals surface area contributed by atoms with Crippen molar-refractivity contribution in [1.82, 2.24) is 0 Å². The largest absolute Gasteiger partial charge is 0.324 e. The van der Waals surface area contributed by atoms with Crippen molar-refractivity contribution < 1.29 is 9.78 Å². The Bertz CT molecular complexity index is 266. The van der Waals surface area contributed by atoms with Gasteiger partial charge in [0.15, 0.2) is 0 Å². The minimum absolute atomic E-state index is 0.0320. The van der Waals surface area contributed by atoms with Crippen molar-refractivity contribution in [2.75, 3.05) is 0 Å². The van der Waals surface area contributed by atoms with Gasteiger partial charge in [0.05, 0.1) is 0 Å². The molecule has 0 saturated heterocycles. The van der Waals surface area contributed by atoms with E-state index < -0.39 is 0 Å². The van der Waals surface area contributed by atoms with Gasteiger partial charge in [0.2, 0.25) is 0 Å². The van der Waals surface area contributed by atoms with E-state index in [-0.39, 0.29) is 6.10 Å². The maximum absolute atomic E-state index is 8.33. The second kappa shape index (κ2) is 13.4. The van der Waals surface area contributed by atoms with Crippen LogP contribution in [-0.2, 0) is 9.78 Å². The molecular formula is C16H31NO2. The van der Waals surface area contributed by atoms with Gasteiger partial charge in [0.1, 0.15) is 6.10 Å². The third-order valence-corrected chi connectivity index (χ3v) is 3.02. The van der Waals surface area contributed by atoms with E-state index in [9.17, 15) is 0 Å². The van der Waals surface area contributed by atoms with E-state index in [0.29, 0.717) is 11.8 Å². The Morgan fingerprint density at radius 2 is 1.89 bits per heavy atom. The summed E-state index contributed by atoms with van der Waals surface area (Å²) in [6, 6.07) is 0. The monoisotopic (exact) mass is 269 g/mol.